The Hall–Kier alpha value is -1.23. The Bertz CT molecular complexity index is 566. The minimum atomic E-state index is 0.529. The van der Waals surface area contributed by atoms with Gasteiger partial charge in [0.2, 0.25) is 5.95 Å². The first kappa shape index (κ1) is 12.8. The highest BCUT2D eigenvalue weighted by molar-refractivity contribution is 7.99. The van der Waals surface area contributed by atoms with Crippen molar-refractivity contribution in [2.75, 3.05) is 11.1 Å². The number of thioether (sulfide) groups is 1. The van der Waals surface area contributed by atoms with Crippen molar-refractivity contribution in [2.45, 2.75) is 44.4 Å². The zero-order valence-corrected chi connectivity index (χ0v) is 12.3. The van der Waals surface area contributed by atoms with Crippen LogP contribution in [0, 0.1) is 6.92 Å². The lowest BCUT2D eigenvalue weighted by Crippen LogP contribution is -2.17. The molecule has 0 bridgehead atoms. The molecule has 0 spiro atoms. The minimum Gasteiger partial charge on any atom is -0.350 e. The van der Waals surface area contributed by atoms with Crippen LogP contribution in [0.15, 0.2) is 18.3 Å². The number of nitrogens with zero attached hydrogens (tertiary/aromatic N) is 3. The van der Waals surface area contributed by atoms with Gasteiger partial charge in [0.25, 0.3) is 0 Å². The zero-order valence-electron chi connectivity index (χ0n) is 11.5. The van der Waals surface area contributed by atoms with Crippen LogP contribution in [-0.2, 0) is 0 Å². The number of hydrogen-bond donors (Lipinski definition) is 1. The molecule has 4 nitrogen and oxygen atoms in total. The molecular formula is C14H20N4S. The average Bonchev–Trinajstić information content (AvgIpc) is 2.98. The second-order valence-corrected chi connectivity index (χ2v) is 6.70. The quantitative estimate of drug-likeness (QED) is 0.931. The molecule has 1 aliphatic rings. The summed E-state index contributed by atoms with van der Waals surface area (Å²) in [7, 11) is 0. The first-order valence-corrected chi connectivity index (χ1v) is 8.01. The number of aryl methyl sites for hydroxylation is 1. The first-order chi connectivity index (χ1) is 9.26. The lowest BCUT2D eigenvalue weighted by atomic mass is 10.2. The van der Waals surface area contributed by atoms with E-state index in [4.69, 9.17) is 0 Å². The Labute approximate surface area is 118 Å². The Balaban J connectivity index is 1.70. The molecule has 0 aromatic carbocycles. The molecule has 19 heavy (non-hydrogen) atoms. The fourth-order valence-corrected chi connectivity index (χ4v) is 3.88. The molecule has 1 N–H and O–H groups in total. The molecule has 102 valence electrons. The fraction of sp³-hybridized carbons (Fsp3) is 0.571. The van der Waals surface area contributed by atoms with Crippen LogP contribution in [0.2, 0.25) is 0 Å². The van der Waals surface area contributed by atoms with Gasteiger partial charge in [-0.05, 0) is 43.6 Å². The van der Waals surface area contributed by atoms with Gasteiger partial charge >= 0.3 is 0 Å². The number of anilines is 1. The standard InChI is InChI=1S/C14H20N4S/c1-3-19-12-7-6-11(9-12)15-14-16-13-10(2)5-4-8-18(13)17-14/h4-5,8,11-12H,3,6-7,9H2,1-2H3,(H,15,17). The van der Waals surface area contributed by atoms with Crippen LogP contribution >= 0.6 is 11.8 Å². The molecule has 2 unspecified atom stereocenters. The van der Waals surface area contributed by atoms with Gasteiger partial charge in [-0.1, -0.05) is 13.0 Å². The Kier molecular flexibility index (Phi) is 3.64. The topological polar surface area (TPSA) is 42.2 Å². The SMILES string of the molecule is CCSC1CCC(Nc2nc3c(C)cccn3n2)C1. The van der Waals surface area contributed by atoms with Crippen molar-refractivity contribution in [1.29, 1.82) is 0 Å². The fourth-order valence-electron chi connectivity index (χ4n) is 2.74. The van der Waals surface area contributed by atoms with Crippen LogP contribution in [-0.4, -0.2) is 31.6 Å². The number of fused-ring (bicyclic) bond motifs is 1. The van der Waals surface area contributed by atoms with Crippen molar-refractivity contribution < 1.29 is 0 Å². The van der Waals surface area contributed by atoms with E-state index in [9.17, 15) is 0 Å². The third-order valence-electron chi connectivity index (χ3n) is 3.68. The maximum atomic E-state index is 4.58. The summed E-state index contributed by atoms with van der Waals surface area (Å²) in [5.41, 5.74) is 2.11. The van der Waals surface area contributed by atoms with E-state index in [1.807, 2.05) is 16.8 Å². The zero-order chi connectivity index (χ0) is 13.2. The Morgan fingerprint density at radius 1 is 1.47 bits per heavy atom. The molecule has 3 rings (SSSR count). The summed E-state index contributed by atoms with van der Waals surface area (Å²) in [6.07, 6.45) is 5.71. The highest BCUT2D eigenvalue weighted by Gasteiger charge is 2.25. The molecule has 5 heteroatoms. The van der Waals surface area contributed by atoms with E-state index >= 15 is 0 Å². The summed E-state index contributed by atoms with van der Waals surface area (Å²) < 4.78 is 1.85. The van der Waals surface area contributed by atoms with Gasteiger partial charge in [-0.25, -0.2) is 4.52 Å². The van der Waals surface area contributed by atoms with Gasteiger partial charge in [0.1, 0.15) is 0 Å². The second kappa shape index (κ2) is 5.41. The maximum absolute atomic E-state index is 4.58. The third-order valence-corrected chi connectivity index (χ3v) is 4.91. The number of rotatable bonds is 4. The predicted octanol–water partition coefficient (Wildman–Crippen LogP) is 3.12. The van der Waals surface area contributed by atoms with Gasteiger partial charge in [-0.15, -0.1) is 5.10 Å². The van der Waals surface area contributed by atoms with E-state index in [2.05, 4.69) is 47.1 Å². The second-order valence-electron chi connectivity index (χ2n) is 5.13. The van der Waals surface area contributed by atoms with Crippen LogP contribution in [0.4, 0.5) is 5.95 Å². The summed E-state index contributed by atoms with van der Waals surface area (Å²) >= 11 is 2.07. The van der Waals surface area contributed by atoms with Gasteiger partial charge in [0.05, 0.1) is 0 Å². The van der Waals surface area contributed by atoms with Crippen molar-refractivity contribution in [2.24, 2.45) is 0 Å². The van der Waals surface area contributed by atoms with Gasteiger partial charge in [0, 0.05) is 17.5 Å². The normalized spacial score (nSPS) is 23.1. The molecule has 0 radical (unpaired) electrons. The van der Waals surface area contributed by atoms with E-state index in [0.717, 1.165) is 22.4 Å². The molecule has 0 amide bonds. The van der Waals surface area contributed by atoms with Crippen molar-refractivity contribution in [3.8, 4) is 0 Å². The Morgan fingerprint density at radius 2 is 2.37 bits per heavy atom. The highest BCUT2D eigenvalue weighted by atomic mass is 32.2. The Morgan fingerprint density at radius 3 is 3.16 bits per heavy atom. The van der Waals surface area contributed by atoms with Gasteiger partial charge in [0.15, 0.2) is 5.65 Å². The molecule has 2 heterocycles. The lowest BCUT2D eigenvalue weighted by Gasteiger charge is -2.10. The van der Waals surface area contributed by atoms with E-state index in [-0.39, 0.29) is 0 Å². The molecule has 0 saturated heterocycles. The summed E-state index contributed by atoms with van der Waals surface area (Å²) in [6, 6.07) is 4.60. The van der Waals surface area contributed by atoms with E-state index in [1.165, 1.54) is 25.0 Å². The van der Waals surface area contributed by atoms with Gasteiger partial charge in [-0.3, -0.25) is 0 Å². The summed E-state index contributed by atoms with van der Waals surface area (Å²) in [5.74, 6) is 1.98. The molecule has 2 aromatic heterocycles. The van der Waals surface area contributed by atoms with Crippen molar-refractivity contribution >= 4 is 23.4 Å². The first-order valence-electron chi connectivity index (χ1n) is 6.96. The molecule has 1 fully saturated rings. The number of pyridine rings is 1. The summed E-state index contributed by atoms with van der Waals surface area (Å²) in [6.45, 7) is 4.30. The molecule has 2 aromatic rings. The molecular weight excluding hydrogens is 256 g/mol. The van der Waals surface area contributed by atoms with E-state index < -0.39 is 0 Å². The van der Waals surface area contributed by atoms with Crippen molar-refractivity contribution in [1.82, 2.24) is 14.6 Å². The van der Waals surface area contributed by atoms with Crippen LogP contribution in [0.1, 0.15) is 31.7 Å². The average molecular weight is 276 g/mol. The highest BCUT2D eigenvalue weighted by Crippen LogP contribution is 2.31. The molecule has 1 saturated carbocycles. The van der Waals surface area contributed by atoms with Gasteiger partial charge in [-0.2, -0.15) is 16.7 Å². The number of aromatic nitrogens is 3. The van der Waals surface area contributed by atoms with Gasteiger partial charge < -0.3 is 5.32 Å². The minimum absolute atomic E-state index is 0.529. The van der Waals surface area contributed by atoms with Crippen LogP contribution in [0.25, 0.3) is 5.65 Å². The third kappa shape index (κ3) is 2.71. The maximum Gasteiger partial charge on any atom is 0.243 e. The van der Waals surface area contributed by atoms with E-state index in [0.29, 0.717) is 6.04 Å². The molecule has 1 aliphatic carbocycles. The van der Waals surface area contributed by atoms with Crippen LogP contribution in [0.5, 0.6) is 0 Å². The number of hydrogen-bond acceptors (Lipinski definition) is 4. The summed E-state index contributed by atoms with van der Waals surface area (Å²) in [5, 5.41) is 8.79. The van der Waals surface area contributed by atoms with E-state index in [1.54, 1.807) is 0 Å². The number of nitrogens with one attached hydrogen (secondary N) is 1. The smallest absolute Gasteiger partial charge is 0.243 e. The van der Waals surface area contributed by atoms with Crippen molar-refractivity contribution in [3.05, 3.63) is 23.9 Å². The molecule has 2 atom stereocenters. The monoisotopic (exact) mass is 276 g/mol. The molecule has 0 aliphatic heterocycles. The lowest BCUT2D eigenvalue weighted by molar-refractivity contribution is 0.744. The van der Waals surface area contributed by atoms with Crippen molar-refractivity contribution in [3.63, 3.8) is 0 Å². The van der Waals surface area contributed by atoms with Crippen LogP contribution < -0.4 is 5.32 Å². The largest absolute Gasteiger partial charge is 0.350 e. The predicted molar refractivity (Wildman–Crippen MR) is 80.9 cm³/mol. The van der Waals surface area contributed by atoms with Crippen LogP contribution in [0.3, 0.4) is 0 Å². The summed E-state index contributed by atoms with van der Waals surface area (Å²) in [4.78, 5) is 4.58.